The minimum atomic E-state index is -4.71. The summed E-state index contributed by atoms with van der Waals surface area (Å²) in [6.45, 7) is 0. The number of nitrogen functional groups attached to an aromatic ring is 1. The molecule has 0 radical (unpaired) electrons. The van der Waals surface area contributed by atoms with Gasteiger partial charge in [-0.2, -0.15) is 13.2 Å². The van der Waals surface area contributed by atoms with Gasteiger partial charge in [-0.1, -0.05) is 0 Å². The number of nitrogens with one attached hydrogen (secondary N) is 2. The molecule has 1 heterocycles. The summed E-state index contributed by atoms with van der Waals surface area (Å²) < 4.78 is 51.5. The summed E-state index contributed by atoms with van der Waals surface area (Å²) in [5.74, 6) is 2.99. The maximum Gasteiger partial charge on any atom is 0.451 e. The zero-order valence-corrected chi connectivity index (χ0v) is 12.3. The van der Waals surface area contributed by atoms with E-state index in [0.717, 1.165) is 0 Å². The molecule has 1 aromatic carbocycles. The smallest absolute Gasteiger partial charge is 0.339 e. The first-order valence-electron chi connectivity index (χ1n) is 5.44. The minimum absolute atomic E-state index is 0.116. The van der Waals surface area contributed by atoms with E-state index in [1.54, 1.807) is 0 Å². The van der Waals surface area contributed by atoms with Gasteiger partial charge in [0.05, 0.1) is 5.69 Å². The number of halogens is 5. The largest absolute Gasteiger partial charge is 0.451 e. The fraction of sp³-hybridized carbons (Fsp3) is 0.0909. The van der Waals surface area contributed by atoms with Gasteiger partial charge in [-0.05, 0) is 40.8 Å². The maximum absolute atomic E-state index is 13.0. The van der Waals surface area contributed by atoms with Crippen molar-refractivity contribution in [3.05, 3.63) is 39.5 Å². The summed E-state index contributed by atoms with van der Waals surface area (Å²) in [4.78, 5) is 6.60. The van der Waals surface area contributed by atoms with Crippen molar-refractivity contribution >= 4 is 39.9 Å². The van der Waals surface area contributed by atoms with Gasteiger partial charge in [-0.25, -0.2) is 20.2 Å². The van der Waals surface area contributed by atoms with Crippen LogP contribution in [0.25, 0.3) is 0 Å². The Hall–Kier alpha value is -1.69. The molecule has 0 aliphatic rings. The Kier molecular flexibility index (Phi) is 4.46. The number of nitrogens with two attached hydrogens (primary N) is 1. The van der Waals surface area contributed by atoms with E-state index in [1.807, 2.05) is 28.0 Å². The van der Waals surface area contributed by atoms with Gasteiger partial charge in [0.15, 0.2) is 0 Å². The van der Waals surface area contributed by atoms with Crippen LogP contribution in [-0.2, 0) is 6.18 Å². The second-order valence-corrected chi connectivity index (χ2v) is 5.02. The molecule has 2 rings (SSSR count). The molecule has 5 nitrogen and oxygen atoms in total. The molecule has 10 heteroatoms. The van der Waals surface area contributed by atoms with Crippen LogP contribution in [0, 0.1) is 9.39 Å². The van der Waals surface area contributed by atoms with Gasteiger partial charge < -0.3 is 10.7 Å². The van der Waals surface area contributed by atoms with E-state index < -0.39 is 17.8 Å². The van der Waals surface area contributed by atoms with Crippen LogP contribution in [0.5, 0.6) is 0 Å². The number of alkyl halides is 3. The van der Waals surface area contributed by atoms with E-state index >= 15 is 0 Å². The average Bonchev–Trinajstić information content (AvgIpc) is 2.40. The van der Waals surface area contributed by atoms with Crippen LogP contribution < -0.4 is 16.6 Å². The van der Waals surface area contributed by atoms with Gasteiger partial charge in [-0.15, -0.1) is 0 Å². The molecule has 0 aliphatic carbocycles. The molecule has 0 atom stereocenters. The number of aromatic nitrogens is 2. The van der Waals surface area contributed by atoms with Gasteiger partial charge in [0.2, 0.25) is 5.82 Å². The Labute approximate surface area is 130 Å². The second kappa shape index (κ2) is 5.97. The SMILES string of the molecule is NNc1cc(Nc2ccc(F)cc2I)nc(C(F)(F)F)n1. The standard InChI is InChI=1S/C11H8F4IN5/c12-5-1-2-7(6(16)3-5)18-8-4-9(21-17)20-10(19-8)11(13,14)15/h1-4H,17H2,(H2,18,19,20,21). The lowest BCUT2D eigenvalue weighted by molar-refractivity contribution is -0.144. The van der Waals surface area contributed by atoms with Crippen molar-refractivity contribution in [2.45, 2.75) is 6.18 Å². The Morgan fingerprint density at radius 1 is 1.10 bits per heavy atom. The minimum Gasteiger partial charge on any atom is -0.339 e. The summed E-state index contributed by atoms with van der Waals surface area (Å²) >= 11 is 1.85. The summed E-state index contributed by atoms with van der Waals surface area (Å²) in [6.07, 6.45) is -4.71. The van der Waals surface area contributed by atoms with Gasteiger partial charge >= 0.3 is 6.18 Å². The first-order chi connectivity index (χ1) is 9.79. The van der Waals surface area contributed by atoms with E-state index in [4.69, 9.17) is 5.84 Å². The third kappa shape index (κ3) is 3.91. The molecule has 0 aliphatic heterocycles. The highest BCUT2D eigenvalue weighted by molar-refractivity contribution is 14.1. The lowest BCUT2D eigenvalue weighted by atomic mass is 10.3. The molecule has 0 bridgehead atoms. The lowest BCUT2D eigenvalue weighted by Crippen LogP contribution is -2.16. The lowest BCUT2D eigenvalue weighted by Gasteiger charge is -2.12. The van der Waals surface area contributed by atoms with E-state index in [1.165, 1.54) is 24.3 Å². The van der Waals surface area contributed by atoms with Crippen LogP contribution in [0.2, 0.25) is 0 Å². The topological polar surface area (TPSA) is 75.9 Å². The average molecular weight is 413 g/mol. The van der Waals surface area contributed by atoms with Crippen molar-refractivity contribution in [1.29, 1.82) is 0 Å². The first kappa shape index (κ1) is 15.7. The van der Waals surface area contributed by atoms with Crippen molar-refractivity contribution in [3.8, 4) is 0 Å². The molecule has 0 amide bonds. The Bertz CT molecular complexity index is 662. The summed E-state index contributed by atoms with van der Waals surface area (Å²) in [6, 6.07) is 5.01. The highest BCUT2D eigenvalue weighted by atomic mass is 127. The molecule has 0 saturated carbocycles. The Morgan fingerprint density at radius 3 is 2.33 bits per heavy atom. The molecule has 1 aromatic heterocycles. The Morgan fingerprint density at radius 2 is 1.76 bits per heavy atom. The number of nitrogens with zero attached hydrogens (tertiary/aromatic N) is 2. The van der Waals surface area contributed by atoms with Crippen molar-refractivity contribution in [2.24, 2.45) is 5.84 Å². The van der Waals surface area contributed by atoms with E-state index in [2.05, 4.69) is 15.3 Å². The molecule has 2 aromatic rings. The molecular weight excluding hydrogens is 405 g/mol. The summed E-state index contributed by atoms with van der Waals surface area (Å²) in [7, 11) is 0. The van der Waals surface area contributed by atoms with Gasteiger partial charge in [-0.3, -0.25) is 0 Å². The van der Waals surface area contributed by atoms with Crippen molar-refractivity contribution in [3.63, 3.8) is 0 Å². The normalized spacial score (nSPS) is 11.3. The van der Waals surface area contributed by atoms with Gasteiger partial charge in [0, 0.05) is 9.64 Å². The number of hydrogen-bond acceptors (Lipinski definition) is 5. The van der Waals surface area contributed by atoms with E-state index in [0.29, 0.717) is 9.26 Å². The fourth-order valence-electron chi connectivity index (χ4n) is 1.44. The monoisotopic (exact) mass is 413 g/mol. The number of rotatable bonds is 3. The second-order valence-electron chi connectivity index (χ2n) is 3.85. The zero-order chi connectivity index (χ0) is 15.6. The number of anilines is 3. The van der Waals surface area contributed by atoms with Crippen LogP contribution in [0.15, 0.2) is 24.3 Å². The number of hydrazine groups is 1. The van der Waals surface area contributed by atoms with Crippen LogP contribution in [0.1, 0.15) is 5.82 Å². The third-order valence-corrected chi connectivity index (χ3v) is 3.21. The van der Waals surface area contributed by atoms with Gasteiger partial charge in [0.25, 0.3) is 0 Å². The van der Waals surface area contributed by atoms with E-state index in [9.17, 15) is 17.6 Å². The highest BCUT2D eigenvalue weighted by Crippen LogP contribution is 2.29. The predicted octanol–water partition coefficient (Wildman–Crippen LogP) is 3.27. The molecule has 0 spiro atoms. The quantitative estimate of drug-likeness (QED) is 0.312. The number of hydrogen-bond donors (Lipinski definition) is 3. The van der Waals surface area contributed by atoms with Crippen LogP contribution >= 0.6 is 22.6 Å². The van der Waals surface area contributed by atoms with Crippen LogP contribution in [0.4, 0.5) is 34.9 Å². The third-order valence-electron chi connectivity index (χ3n) is 2.32. The molecule has 0 saturated heterocycles. The maximum atomic E-state index is 13.0. The summed E-state index contributed by atoms with van der Waals surface area (Å²) in [5.41, 5.74) is 2.45. The zero-order valence-electron chi connectivity index (χ0n) is 10.2. The molecule has 112 valence electrons. The van der Waals surface area contributed by atoms with Crippen LogP contribution in [0.3, 0.4) is 0 Å². The van der Waals surface area contributed by atoms with Crippen LogP contribution in [-0.4, -0.2) is 9.97 Å². The first-order valence-corrected chi connectivity index (χ1v) is 6.52. The van der Waals surface area contributed by atoms with Crippen molar-refractivity contribution < 1.29 is 17.6 Å². The fourth-order valence-corrected chi connectivity index (χ4v) is 2.05. The summed E-state index contributed by atoms with van der Waals surface area (Å²) in [5, 5.41) is 2.67. The molecule has 0 unspecified atom stereocenters. The van der Waals surface area contributed by atoms with E-state index in [-0.39, 0.29) is 11.6 Å². The molecule has 0 fully saturated rings. The number of benzene rings is 1. The highest BCUT2D eigenvalue weighted by Gasteiger charge is 2.35. The molecule has 21 heavy (non-hydrogen) atoms. The molecular formula is C11H8F4IN5. The predicted molar refractivity (Wildman–Crippen MR) is 77.2 cm³/mol. The van der Waals surface area contributed by atoms with Crippen molar-refractivity contribution in [2.75, 3.05) is 10.7 Å². The van der Waals surface area contributed by atoms with Gasteiger partial charge in [0.1, 0.15) is 17.5 Å². The Balaban J connectivity index is 2.39. The van der Waals surface area contributed by atoms with Crippen molar-refractivity contribution in [1.82, 2.24) is 9.97 Å². The molecule has 4 N–H and O–H groups in total.